The molecule has 6 nitrogen and oxygen atoms in total. The summed E-state index contributed by atoms with van der Waals surface area (Å²) < 4.78 is 0. The Bertz CT molecular complexity index is 696. The van der Waals surface area contributed by atoms with Crippen molar-refractivity contribution in [3.8, 4) is 0 Å². The molecule has 0 aromatic heterocycles. The Kier molecular flexibility index (Phi) is 3.14. The second kappa shape index (κ2) is 5.08. The van der Waals surface area contributed by atoms with Crippen molar-refractivity contribution < 1.29 is 14.4 Å². The molecule has 120 valence electrons. The third kappa shape index (κ3) is 2.04. The highest BCUT2D eigenvalue weighted by atomic mass is 16.2. The van der Waals surface area contributed by atoms with Crippen LogP contribution in [-0.2, 0) is 21.5 Å². The minimum atomic E-state index is -0.973. The molecule has 4 amide bonds. The number of rotatable bonds is 2. The number of nitrogens with one attached hydrogen (secondary N) is 1. The summed E-state index contributed by atoms with van der Waals surface area (Å²) in [4.78, 5) is 40.4. The number of nitrogens with zero attached hydrogens (tertiary/aromatic N) is 2. The van der Waals surface area contributed by atoms with E-state index >= 15 is 0 Å². The Morgan fingerprint density at radius 3 is 2.70 bits per heavy atom. The molecule has 1 atom stereocenters. The Hall–Kier alpha value is -2.37. The minimum absolute atomic E-state index is 0.144. The molecule has 6 heteroatoms. The topological polar surface area (TPSA) is 69.7 Å². The molecule has 0 saturated carbocycles. The van der Waals surface area contributed by atoms with Crippen molar-refractivity contribution in [3.63, 3.8) is 0 Å². The molecule has 0 unspecified atom stereocenters. The molecular formula is C17H19N3O3. The number of imide groups is 1. The Balaban J connectivity index is 1.59. The molecule has 2 aliphatic heterocycles. The second-order valence-electron chi connectivity index (χ2n) is 6.47. The van der Waals surface area contributed by atoms with E-state index in [1.54, 1.807) is 4.90 Å². The Morgan fingerprint density at radius 1 is 1.17 bits per heavy atom. The van der Waals surface area contributed by atoms with Crippen LogP contribution < -0.4 is 5.32 Å². The Labute approximate surface area is 134 Å². The smallest absolute Gasteiger partial charge is 0.325 e. The summed E-state index contributed by atoms with van der Waals surface area (Å²) in [7, 11) is 0. The van der Waals surface area contributed by atoms with Gasteiger partial charge in [0, 0.05) is 13.1 Å². The van der Waals surface area contributed by atoms with Crippen LogP contribution in [0.3, 0.4) is 0 Å². The standard InChI is InChI=1S/C17H19N3O3/c21-14(19-9-3-4-10-19)11-20-15(22)17(18-16(20)23)8-7-12-5-1-2-6-13(12)17/h1-2,5-6H,3-4,7-11H2,(H,18,23)/t17-/m1/s1. The highest BCUT2D eigenvalue weighted by Gasteiger charge is 2.55. The number of urea groups is 1. The third-order valence-corrected chi connectivity index (χ3v) is 5.17. The lowest BCUT2D eigenvalue weighted by Crippen LogP contribution is -2.44. The van der Waals surface area contributed by atoms with Crippen LogP contribution in [0.4, 0.5) is 4.79 Å². The largest absolute Gasteiger partial charge is 0.341 e. The second-order valence-corrected chi connectivity index (χ2v) is 6.47. The lowest BCUT2D eigenvalue weighted by atomic mass is 9.92. The maximum atomic E-state index is 12.9. The predicted octanol–water partition coefficient (Wildman–Crippen LogP) is 1.00. The molecule has 4 rings (SSSR count). The number of benzene rings is 1. The van der Waals surface area contributed by atoms with Gasteiger partial charge in [-0.2, -0.15) is 0 Å². The molecule has 2 fully saturated rings. The first kappa shape index (κ1) is 14.2. The third-order valence-electron chi connectivity index (χ3n) is 5.17. The van der Waals surface area contributed by atoms with E-state index in [1.807, 2.05) is 24.3 Å². The van der Waals surface area contributed by atoms with Crippen LogP contribution in [0.5, 0.6) is 0 Å². The van der Waals surface area contributed by atoms with E-state index in [2.05, 4.69) is 5.32 Å². The fraction of sp³-hybridized carbons (Fsp3) is 0.471. The fourth-order valence-corrected chi connectivity index (χ4v) is 3.93. The average Bonchev–Trinajstić information content (AvgIpc) is 3.25. The molecule has 2 heterocycles. The van der Waals surface area contributed by atoms with Crippen molar-refractivity contribution in [1.82, 2.24) is 15.1 Å². The van der Waals surface area contributed by atoms with Gasteiger partial charge in [-0.25, -0.2) is 4.79 Å². The van der Waals surface area contributed by atoms with Crippen LogP contribution in [0, 0.1) is 0 Å². The van der Waals surface area contributed by atoms with Crippen molar-refractivity contribution in [3.05, 3.63) is 35.4 Å². The van der Waals surface area contributed by atoms with Crippen molar-refractivity contribution in [1.29, 1.82) is 0 Å². The minimum Gasteiger partial charge on any atom is -0.341 e. The van der Waals surface area contributed by atoms with Crippen molar-refractivity contribution in [2.45, 2.75) is 31.2 Å². The van der Waals surface area contributed by atoms with Crippen LogP contribution in [0.2, 0.25) is 0 Å². The summed E-state index contributed by atoms with van der Waals surface area (Å²) in [6.07, 6.45) is 3.30. The molecule has 3 aliphatic rings. The van der Waals surface area contributed by atoms with E-state index in [0.717, 1.165) is 48.4 Å². The molecule has 2 saturated heterocycles. The zero-order valence-electron chi connectivity index (χ0n) is 12.9. The van der Waals surface area contributed by atoms with E-state index in [9.17, 15) is 14.4 Å². The quantitative estimate of drug-likeness (QED) is 0.828. The van der Waals surface area contributed by atoms with Gasteiger partial charge in [0.2, 0.25) is 5.91 Å². The average molecular weight is 313 g/mol. The van der Waals surface area contributed by atoms with Crippen LogP contribution in [-0.4, -0.2) is 47.3 Å². The Morgan fingerprint density at radius 2 is 1.91 bits per heavy atom. The molecule has 1 N–H and O–H groups in total. The van der Waals surface area contributed by atoms with Gasteiger partial charge in [-0.1, -0.05) is 24.3 Å². The van der Waals surface area contributed by atoms with Gasteiger partial charge in [-0.3, -0.25) is 14.5 Å². The zero-order chi connectivity index (χ0) is 16.0. The number of carbonyl (C=O) groups is 3. The number of carbonyl (C=O) groups excluding carboxylic acids is 3. The van der Waals surface area contributed by atoms with E-state index in [4.69, 9.17) is 0 Å². The summed E-state index contributed by atoms with van der Waals surface area (Å²) in [5.74, 6) is -0.436. The highest BCUT2D eigenvalue weighted by molar-refractivity contribution is 6.09. The summed E-state index contributed by atoms with van der Waals surface area (Å²) >= 11 is 0. The van der Waals surface area contributed by atoms with Crippen molar-refractivity contribution in [2.24, 2.45) is 0 Å². The van der Waals surface area contributed by atoms with Crippen molar-refractivity contribution >= 4 is 17.8 Å². The molecule has 1 aromatic carbocycles. The van der Waals surface area contributed by atoms with Crippen LogP contribution in [0.15, 0.2) is 24.3 Å². The van der Waals surface area contributed by atoms with Gasteiger partial charge < -0.3 is 10.2 Å². The number of amides is 4. The first-order valence-corrected chi connectivity index (χ1v) is 8.12. The number of hydrogen-bond donors (Lipinski definition) is 1. The summed E-state index contributed by atoms with van der Waals surface area (Å²) in [6.45, 7) is 1.28. The highest BCUT2D eigenvalue weighted by Crippen LogP contribution is 2.41. The van der Waals surface area contributed by atoms with Gasteiger partial charge in [-0.05, 0) is 36.8 Å². The molecular weight excluding hydrogens is 294 g/mol. The summed E-state index contributed by atoms with van der Waals surface area (Å²) in [5, 5.41) is 2.85. The molecule has 1 aliphatic carbocycles. The molecule has 23 heavy (non-hydrogen) atoms. The normalized spacial score (nSPS) is 26.1. The molecule has 1 spiro atoms. The van der Waals surface area contributed by atoms with Crippen LogP contribution >= 0.6 is 0 Å². The van der Waals surface area contributed by atoms with Gasteiger partial charge >= 0.3 is 6.03 Å². The first-order chi connectivity index (χ1) is 11.1. The van der Waals surface area contributed by atoms with Gasteiger partial charge in [0.15, 0.2) is 0 Å². The molecule has 1 aromatic rings. The number of likely N-dealkylation sites (tertiary alicyclic amines) is 1. The monoisotopic (exact) mass is 313 g/mol. The lowest BCUT2D eigenvalue weighted by Gasteiger charge is -2.23. The van der Waals surface area contributed by atoms with Gasteiger partial charge in [-0.15, -0.1) is 0 Å². The van der Waals surface area contributed by atoms with Gasteiger partial charge in [0.05, 0.1) is 0 Å². The predicted molar refractivity (Wildman–Crippen MR) is 82.5 cm³/mol. The van der Waals surface area contributed by atoms with Gasteiger partial charge in [0.25, 0.3) is 5.91 Å². The van der Waals surface area contributed by atoms with E-state index in [-0.39, 0.29) is 18.4 Å². The van der Waals surface area contributed by atoms with Crippen LogP contribution in [0.1, 0.15) is 30.4 Å². The molecule has 0 radical (unpaired) electrons. The van der Waals surface area contributed by atoms with E-state index in [1.165, 1.54) is 0 Å². The van der Waals surface area contributed by atoms with E-state index < -0.39 is 11.6 Å². The number of aryl methyl sites for hydroxylation is 1. The van der Waals surface area contributed by atoms with Gasteiger partial charge in [0.1, 0.15) is 12.1 Å². The maximum Gasteiger partial charge on any atom is 0.325 e. The first-order valence-electron chi connectivity index (χ1n) is 8.12. The van der Waals surface area contributed by atoms with E-state index in [0.29, 0.717) is 6.42 Å². The van der Waals surface area contributed by atoms with Crippen molar-refractivity contribution in [2.75, 3.05) is 19.6 Å². The zero-order valence-corrected chi connectivity index (χ0v) is 12.9. The summed E-state index contributed by atoms with van der Waals surface area (Å²) in [6, 6.07) is 7.24. The number of fused-ring (bicyclic) bond motifs is 2. The fourth-order valence-electron chi connectivity index (χ4n) is 3.93. The molecule has 0 bridgehead atoms. The number of hydrogen-bond acceptors (Lipinski definition) is 3. The lowest BCUT2D eigenvalue weighted by molar-refractivity contribution is -0.138. The SMILES string of the molecule is O=C(CN1C(=O)N[C@@]2(CCc3ccccc32)C1=O)N1CCCC1. The summed E-state index contributed by atoms with van der Waals surface area (Å²) in [5.41, 5.74) is 0.988. The maximum absolute atomic E-state index is 12.9. The van der Waals surface area contributed by atoms with Crippen LogP contribution in [0.25, 0.3) is 0 Å².